The highest BCUT2D eigenvalue weighted by Crippen LogP contribution is 2.26. The molecule has 3 aromatic heterocycles. The highest BCUT2D eigenvalue weighted by atomic mass is 32.2. The van der Waals surface area contributed by atoms with Crippen molar-refractivity contribution in [1.82, 2.24) is 24.1 Å². The summed E-state index contributed by atoms with van der Waals surface area (Å²) in [6.45, 7) is 4.24. The Morgan fingerprint density at radius 1 is 1.13 bits per heavy atom. The topological polar surface area (TPSA) is 143 Å². The van der Waals surface area contributed by atoms with Crippen molar-refractivity contribution < 1.29 is 17.6 Å². The van der Waals surface area contributed by atoms with Gasteiger partial charge in [0.1, 0.15) is 11.5 Å². The average Bonchev–Trinajstić information content (AvgIpc) is 3.60. The quantitative estimate of drug-likeness (QED) is 0.351. The van der Waals surface area contributed by atoms with Crippen LogP contribution >= 0.6 is 0 Å². The summed E-state index contributed by atoms with van der Waals surface area (Å²) in [5, 5.41) is 7.34. The first kappa shape index (κ1) is 25.6. The molecule has 5 rings (SSSR count). The summed E-state index contributed by atoms with van der Waals surface area (Å²) in [4.78, 5) is 33.5. The average molecular weight is 537 g/mol. The van der Waals surface area contributed by atoms with E-state index in [-0.39, 0.29) is 27.8 Å². The van der Waals surface area contributed by atoms with E-state index in [0.29, 0.717) is 42.9 Å². The molecule has 0 spiro atoms. The largest absolute Gasteiger partial charge is 0.463 e. The van der Waals surface area contributed by atoms with E-state index in [1.54, 1.807) is 32.0 Å². The van der Waals surface area contributed by atoms with Gasteiger partial charge in [0, 0.05) is 30.3 Å². The highest BCUT2D eigenvalue weighted by molar-refractivity contribution is 7.89. The normalized spacial score (nSPS) is 13.4. The molecule has 3 heterocycles. The number of furan rings is 1. The van der Waals surface area contributed by atoms with Crippen LogP contribution in [0.25, 0.3) is 17.4 Å². The van der Waals surface area contributed by atoms with E-state index in [4.69, 9.17) is 4.42 Å². The van der Waals surface area contributed by atoms with Crippen LogP contribution in [0.15, 0.2) is 62.8 Å². The van der Waals surface area contributed by atoms with Crippen LogP contribution in [0.2, 0.25) is 0 Å². The number of fused-ring (bicyclic) bond motifs is 1. The zero-order chi connectivity index (χ0) is 26.9. The molecule has 11 nitrogen and oxygen atoms in total. The van der Waals surface area contributed by atoms with Crippen molar-refractivity contribution in [1.29, 1.82) is 0 Å². The number of aryl methyl sites for hydroxylation is 1. The third kappa shape index (κ3) is 4.79. The second-order valence-electron chi connectivity index (χ2n) is 8.89. The summed E-state index contributed by atoms with van der Waals surface area (Å²) in [5.41, 5.74) is 1.88. The Hall–Kier alpha value is -4.03. The summed E-state index contributed by atoms with van der Waals surface area (Å²) in [7, 11) is -3.64. The van der Waals surface area contributed by atoms with Crippen LogP contribution in [0.5, 0.6) is 0 Å². The second kappa shape index (κ2) is 10.4. The van der Waals surface area contributed by atoms with Gasteiger partial charge >= 0.3 is 0 Å². The third-order valence-corrected chi connectivity index (χ3v) is 8.63. The van der Waals surface area contributed by atoms with Crippen molar-refractivity contribution >= 4 is 21.7 Å². The van der Waals surface area contributed by atoms with Gasteiger partial charge in [-0.3, -0.25) is 14.6 Å². The zero-order valence-electron chi connectivity index (χ0n) is 21.1. The molecule has 0 fully saturated rings. The van der Waals surface area contributed by atoms with Crippen LogP contribution in [0, 0.1) is 0 Å². The Bertz CT molecular complexity index is 1620. The molecule has 198 valence electrons. The SMILES string of the molecule is CCN(CC)S(=O)(=O)c1ccc(C(=O)Nc2cc(-c3ccco3)nn2-c2nc3c(c(=O)[nH]2)CCCC3)cc1. The summed E-state index contributed by atoms with van der Waals surface area (Å²) in [6, 6.07) is 10.8. The molecule has 0 radical (unpaired) electrons. The molecule has 0 atom stereocenters. The third-order valence-electron chi connectivity index (χ3n) is 6.56. The van der Waals surface area contributed by atoms with Crippen molar-refractivity contribution in [2.45, 2.75) is 44.4 Å². The number of amides is 1. The van der Waals surface area contributed by atoms with Gasteiger partial charge in [-0.1, -0.05) is 13.8 Å². The molecule has 12 heteroatoms. The fourth-order valence-corrected chi connectivity index (χ4v) is 6.00. The molecule has 38 heavy (non-hydrogen) atoms. The van der Waals surface area contributed by atoms with Gasteiger partial charge in [0.15, 0.2) is 5.76 Å². The predicted molar refractivity (Wildman–Crippen MR) is 141 cm³/mol. The monoisotopic (exact) mass is 536 g/mol. The van der Waals surface area contributed by atoms with Crippen molar-refractivity contribution in [3.8, 4) is 17.4 Å². The number of rotatable bonds is 8. The Labute approximate surface area is 219 Å². The molecule has 1 amide bonds. The van der Waals surface area contributed by atoms with E-state index in [0.717, 1.165) is 18.5 Å². The standard InChI is InChI=1S/C26H28N6O5S/c1-3-31(4-2)38(35,36)18-13-11-17(12-14-18)24(33)28-23-16-21(22-10-7-15-37-22)30-32(23)26-27-20-9-6-5-8-19(20)25(34)29-26/h7,10-16H,3-6,8-9H2,1-2H3,(H,28,33)(H,27,29,34). The second-order valence-corrected chi connectivity index (χ2v) is 10.8. The minimum absolute atomic E-state index is 0.110. The minimum Gasteiger partial charge on any atom is -0.463 e. The lowest BCUT2D eigenvalue weighted by molar-refractivity contribution is 0.102. The van der Waals surface area contributed by atoms with E-state index in [1.807, 2.05) is 0 Å². The number of carbonyl (C=O) groups is 1. The van der Waals surface area contributed by atoms with Gasteiger partial charge in [-0.2, -0.15) is 14.1 Å². The zero-order valence-corrected chi connectivity index (χ0v) is 21.9. The maximum atomic E-state index is 13.2. The number of hydrogen-bond donors (Lipinski definition) is 2. The number of carbonyl (C=O) groups excluding carboxylic acids is 1. The van der Waals surface area contributed by atoms with Crippen molar-refractivity contribution in [3.63, 3.8) is 0 Å². The molecule has 4 aromatic rings. The Kier molecular flexibility index (Phi) is 7.00. The van der Waals surface area contributed by atoms with Gasteiger partial charge < -0.3 is 9.73 Å². The maximum Gasteiger partial charge on any atom is 0.256 e. The van der Waals surface area contributed by atoms with Crippen LogP contribution in [0.1, 0.15) is 48.3 Å². The first-order chi connectivity index (χ1) is 18.3. The molecule has 0 saturated carbocycles. The van der Waals surface area contributed by atoms with Crippen LogP contribution in [-0.2, 0) is 22.9 Å². The molecule has 0 aliphatic heterocycles. The first-order valence-corrected chi connectivity index (χ1v) is 13.9. The Morgan fingerprint density at radius 2 is 1.87 bits per heavy atom. The van der Waals surface area contributed by atoms with Crippen LogP contribution in [0.4, 0.5) is 5.82 Å². The van der Waals surface area contributed by atoms with Gasteiger partial charge in [0.05, 0.1) is 16.9 Å². The number of sulfonamides is 1. The van der Waals surface area contributed by atoms with Gasteiger partial charge in [-0.25, -0.2) is 13.4 Å². The lowest BCUT2D eigenvalue weighted by atomic mass is 9.97. The van der Waals surface area contributed by atoms with Gasteiger partial charge in [-0.05, 0) is 62.1 Å². The number of anilines is 1. The summed E-state index contributed by atoms with van der Waals surface area (Å²) in [6.07, 6.45) is 4.78. The van der Waals surface area contributed by atoms with Crippen LogP contribution < -0.4 is 10.9 Å². The van der Waals surface area contributed by atoms with Crippen molar-refractivity contribution in [2.75, 3.05) is 18.4 Å². The number of benzene rings is 1. The number of nitrogens with zero attached hydrogens (tertiary/aromatic N) is 4. The fraction of sp³-hybridized carbons (Fsp3) is 0.308. The summed E-state index contributed by atoms with van der Waals surface area (Å²) in [5.74, 6) is 0.444. The molecular weight excluding hydrogens is 508 g/mol. The van der Waals surface area contributed by atoms with E-state index in [9.17, 15) is 18.0 Å². The number of nitrogens with one attached hydrogen (secondary N) is 2. The smallest absolute Gasteiger partial charge is 0.256 e. The lowest BCUT2D eigenvalue weighted by Crippen LogP contribution is -2.30. The molecule has 0 saturated heterocycles. The van der Waals surface area contributed by atoms with Crippen LogP contribution in [0.3, 0.4) is 0 Å². The molecule has 2 N–H and O–H groups in total. The number of H-pyrrole nitrogens is 1. The van der Waals surface area contributed by atoms with Gasteiger partial charge in [0.25, 0.3) is 11.5 Å². The fourth-order valence-electron chi connectivity index (χ4n) is 4.55. The molecule has 1 aliphatic carbocycles. The van der Waals surface area contributed by atoms with E-state index >= 15 is 0 Å². The van der Waals surface area contributed by atoms with Crippen molar-refractivity contribution in [3.05, 3.63) is 75.9 Å². The van der Waals surface area contributed by atoms with Crippen LogP contribution in [-0.4, -0.2) is 51.5 Å². The van der Waals surface area contributed by atoms with E-state index < -0.39 is 15.9 Å². The van der Waals surface area contributed by atoms with Gasteiger partial charge in [0.2, 0.25) is 16.0 Å². The highest BCUT2D eigenvalue weighted by Gasteiger charge is 2.23. The molecular formula is C26H28N6O5S. The lowest BCUT2D eigenvalue weighted by Gasteiger charge is -2.18. The Balaban J connectivity index is 1.48. The van der Waals surface area contributed by atoms with E-state index in [2.05, 4.69) is 20.4 Å². The molecule has 1 aromatic carbocycles. The van der Waals surface area contributed by atoms with Gasteiger partial charge in [-0.15, -0.1) is 0 Å². The predicted octanol–water partition coefficient (Wildman–Crippen LogP) is 3.38. The number of aromatic nitrogens is 4. The first-order valence-electron chi connectivity index (χ1n) is 12.5. The van der Waals surface area contributed by atoms with E-state index in [1.165, 1.54) is 39.5 Å². The summed E-state index contributed by atoms with van der Waals surface area (Å²) < 4.78 is 33.7. The number of hydrogen-bond acceptors (Lipinski definition) is 7. The number of aromatic amines is 1. The minimum atomic E-state index is -3.64. The maximum absolute atomic E-state index is 13.2. The van der Waals surface area contributed by atoms with Crippen molar-refractivity contribution in [2.24, 2.45) is 0 Å². The Morgan fingerprint density at radius 3 is 2.55 bits per heavy atom. The summed E-state index contributed by atoms with van der Waals surface area (Å²) >= 11 is 0. The molecule has 0 unspecified atom stereocenters. The molecule has 0 bridgehead atoms. The molecule has 1 aliphatic rings.